The standard InChI is InChI=1S/C19H14ClN3/c20-15-9-4-5-11-17(15)23-18(13-14-7-2-1-3-8-14)22-16-10-6-12-21-19(16)23/h1-12H,13H2. The molecule has 0 unspecified atom stereocenters. The van der Waals surface area contributed by atoms with E-state index in [1.807, 2.05) is 59.2 Å². The van der Waals surface area contributed by atoms with Gasteiger partial charge in [-0.25, -0.2) is 9.97 Å². The summed E-state index contributed by atoms with van der Waals surface area (Å²) in [6, 6.07) is 22.0. The highest BCUT2D eigenvalue weighted by Crippen LogP contribution is 2.26. The van der Waals surface area contributed by atoms with Crippen molar-refractivity contribution in [1.82, 2.24) is 14.5 Å². The van der Waals surface area contributed by atoms with Gasteiger partial charge in [-0.3, -0.25) is 4.57 Å². The third-order valence-corrected chi connectivity index (χ3v) is 4.10. The van der Waals surface area contributed by atoms with Crippen molar-refractivity contribution >= 4 is 22.8 Å². The number of nitrogens with zero attached hydrogens (tertiary/aromatic N) is 3. The lowest BCUT2D eigenvalue weighted by Gasteiger charge is -2.10. The molecule has 2 aromatic carbocycles. The van der Waals surface area contributed by atoms with Crippen LogP contribution >= 0.6 is 11.6 Å². The van der Waals surface area contributed by atoms with Crippen molar-refractivity contribution in [2.45, 2.75) is 6.42 Å². The van der Waals surface area contributed by atoms with Crippen LogP contribution in [0, 0.1) is 0 Å². The molecule has 0 radical (unpaired) electrons. The Kier molecular flexibility index (Phi) is 3.56. The van der Waals surface area contributed by atoms with Gasteiger partial charge < -0.3 is 0 Å². The molecule has 2 heterocycles. The summed E-state index contributed by atoms with van der Waals surface area (Å²) in [6.07, 6.45) is 2.51. The zero-order valence-corrected chi connectivity index (χ0v) is 13.1. The van der Waals surface area contributed by atoms with Crippen molar-refractivity contribution in [3.63, 3.8) is 0 Å². The highest BCUT2D eigenvalue weighted by molar-refractivity contribution is 6.32. The Morgan fingerprint density at radius 2 is 1.65 bits per heavy atom. The molecule has 0 aliphatic rings. The lowest BCUT2D eigenvalue weighted by atomic mass is 10.1. The van der Waals surface area contributed by atoms with Crippen LogP contribution in [-0.4, -0.2) is 14.5 Å². The molecule has 0 N–H and O–H groups in total. The highest BCUT2D eigenvalue weighted by Gasteiger charge is 2.15. The van der Waals surface area contributed by atoms with Gasteiger partial charge in [0.05, 0.1) is 10.7 Å². The van der Waals surface area contributed by atoms with Crippen molar-refractivity contribution in [3.8, 4) is 5.69 Å². The van der Waals surface area contributed by atoms with Crippen molar-refractivity contribution in [1.29, 1.82) is 0 Å². The lowest BCUT2D eigenvalue weighted by Crippen LogP contribution is -2.03. The predicted octanol–water partition coefficient (Wildman–Crippen LogP) is 4.66. The molecule has 0 spiro atoms. The molecule has 4 rings (SSSR count). The Labute approximate surface area is 139 Å². The van der Waals surface area contributed by atoms with Crippen LogP contribution in [0.5, 0.6) is 0 Å². The van der Waals surface area contributed by atoms with E-state index >= 15 is 0 Å². The van der Waals surface area contributed by atoms with Gasteiger partial charge in [-0.2, -0.15) is 0 Å². The van der Waals surface area contributed by atoms with Crippen LogP contribution in [-0.2, 0) is 6.42 Å². The molecule has 112 valence electrons. The van der Waals surface area contributed by atoms with Crippen LogP contribution < -0.4 is 0 Å². The van der Waals surface area contributed by atoms with E-state index in [-0.39, 0.29) is 0 Å². The average molecular weight is 320 g/mol. The van der Waals surface area contributed by atoms with E-state index in [2.05, 4.69) is 17.1 Å². The fourth-order valence-corrected chi connectivity index (χ4v) is 2.96. The van der Waals surface area contributed by atoms with Gasteiger partial charge >= 0.3 is 0 Å². The summed E-state index contributed by atoms with van der Waals surface area (Å²) in [6.45, 7) is 0. The summed E-state index contributed by atoms with van der Waals surface area (Å²) in [5, 5.41) is 0.687. The quantitative estimate of drug-likeness (QED) is 0.549. The molecule has 2 aromatic heterocycles. The topological polar surface area (TPSA) is 30.7 Å². The number of aromatic nitrogens is 3. The van der Waals surface area contributed by atoms with Crippen molar-refractivity contribution in [2.24, 2.45) is 0 Å². The average Bonchev–Trinajstić information content (AvgIpc) is 2.94. The molecule has 3 nitrogen and oxygen atoms in total. The van der Waals surface area contributed by atoms with E-state index in [1.165, 1.54) is 5.56 Å². The zero-order valence-electron chi connectivity index (χ0n) is 12.4. The first-order valence-electron chi connectivity index (χ1n) is 7.44. The molecule has 0 saturated carbocycles. The number of hydrogen-bond donors (Lipinski definition) is 0. The normalized spacial score (nSPS) is 11.0. The summed E-state index contributed by atoms with van der Waals surface area (Å²) in [5.74, 6) is 0.929. The molecule has 23 heavy (non-hydrogen) atoms. The van der Waals surface area contributed by atoms with Crippen LogP contribution in [0.25, 0.3) is 16.9 Å². The second-order valence-corrected chi connectivity index (χ2v) is 5.73. The van der Waals surface area contributed by atoms with E-state index in [0.717, 1.165) is 29.1 Å². The van der Waals surface area contributed by atoms with E-state index in [1.54, 1.807) is 6.20 Å². The summed E-state index contributed by atoms with van der Waals surface area (Å²) < 4.78 is 2.05. The van der Waals surface area contributed by atoms with Crippen LogP contribution in [0.15, 0.2) is 72.9 Å². The van der Waals surface area contributed by atoms with E-state index in [0.29, 0.717) is 5.02 Å². The second-order valence-electron chi connectivity index (χ2n) is 5.32. The van der Waals surface area contributed by atoms with Crippen molar-refractivity contribution < 1.29 is 0 Å². The summed E-state index contributed by atoms with van der Waals surface area (Å²) >= 11 is 6.41. The number of fused-ring (bicyclic) bond motifs is 1. The third kappa shape index (κ3) is 2.60. The Morgan fingerprint density at radius 3 is 2.48 bits per heavy atom. The Balaban J connectivity index is 1.94. The van der Waals surface area contributed by atoms with E-state index < -0.39 is 0 Å². The molecule has 0 aliphatic heterocycles. The van der Waals surface area contributed by atoms with E-state index in [4.69, 9.17) is 16.6 Å². The SMILES string of the molecule is Clc1ccccc1-n1c(Cc2ccccc2)nc2cccnc21. The zero-order chi connectivity index (χ0) is 15.6. The largest absolute Gasteiger partial charge is 0.279 e. The van der Waals surface area contributed by atoms with Gasteiger partial charge in [-0.1, -0.05) is 54.1 Å². The second kappa shape index (κ2) is 5.86. The number of benzene rings is 2. The smallest absolute Gasteiger partial charge is 0.164 e. The number of hydrogen-bond acceptors (Lipinski definition) is 2. The first-order valence-corrected chi connectivity index (χ1v) is 7.82. The fraction of sp³-hybridized carbons (Fsp3) is 0.0526. The van der Waals surface area contributed by atoms with Crippen LogP contribution in [0.1, 0.15) is 11.4 Å². The Bertz CT molecular complexity index is 961. The summed E-state index contributed by atoms with van der Waals surface area (Å²) in [4.78, 5) is 9.27. The molecule has 4 heteroatoms. The van der Waals surface area contributed by atoms with Crippen molar-refractivity contribution in [3.05, 3.63) is 89.3 Å². The van der Waals surface area contributed by atoms with Crippen LogP contribution in [0.4, 0.5) is 0 Å². The van der Waals surface area contributed by atoms with Gasteiger partial charge in [-0.05, 0) is 29.8 Å². The minimum atomic E-state index is 0.687. The van der Waals surface area contributed by atoms with Gasteiger partial charge in [-0.15, -0.1) is 0 Å². The molecular formula is C19H14ClN3. The molecule has 0 saturated heterocycles. The minimum absolute atomic E-state index is 0.687. The van der Waals surface area contributed by atoms with Crippen LogP contribution in [0.3, 0.4) is 0 Å². The van der Waals surface area contributed by atoms with Gasteiger partial charge in [0.15, 0.2) is 5.65 Å². The summed E-state index contributed by atoms with van der Waals surface area (Å²) in [7, 11) is 0. The first-order chi connectivity index (χ1) is 11.3. The number of halogens is 1. The molecule has 0 atom stereocenters. The predicted molar refractivity (Wildman–Crippen MR) is 93.1 cm³/mol. The minimum Gasteiger partial charge on any atom is -0.279 e. The number of imidazole rings is 1. The fourth-order valence-electron chi connectivity index (χ4n) is 2.74. The molecular weight excluding hydrogens is 306 g/mol. The molecule has 0 aliphatic carbocycles. The first kappa shape index (κ1) is 14.0. The number of para-hydroxylation sites is 1. The molecule has 4 aromatic rings. The molecule has 0 fully saturated rings. The lowest BCUT2D eigenvalue weighted by molar-refractivity contribution is 0.924. The number of rotatable bonds is 3. The molecule has 0 bridgehead atoms. The van der Waals surface area contributed by atoms with E-state index in [9.17, 15) is 0 Å². The Morgan fingerprint density at radius 1 is 0.870 bits per heavy atom. The third-order valence-electron chi connectivity index (χ3n) is 3.78. The van der Waals surface area contributed by atoms with Crippen LogP contribution in [0.2, 0.25) is 5.02 Å². The maximum Gasteiger partial charge on any atom is 0.164 e. The van der Waals surface area contributed by atoms with Gasteiger partial charge in [0.25, 0.3) is 0 Å². The maximum absolute atomic E-state index is 6.41. The monoisotopic (exact) mass is 319 g/mol. The number of pyridine rings is 1. The van der Waals surface area contributed by atoms with Gasteiger partial charge in [0, 0.05) is 12.6 Å². The summed E-state index contributed by atoms with van der Waals surface area (Å²) in [5.41, 5.74) is 3.81. The Hall–Kier alpha value is -2.65. The molecule has 0 amide bonds. The van der Waals surface area contributed by atoms with Crippen molar-refractivity contribution in [2.75, 3.05) is 0 Å². The van der Waals surface area contributed by atoms with Gasteiger partial charge in [0.1, 0.15) is 11.3 Å². The maximum atomic E-state index is 6.41. The van der Waals surface area contributed by atoms with Gasteiger partial charge in [0.2, 0.25) is 0 Å². The highest BCUT2D eigenvalue weighted by atomic mass is 35.5.